The van der Waals surface area contributed by atoms with Crippen LogP contribution in [0.15, 0.2) is 17.7 Å². The molecule has 13 heavy (non-hydrogen) atoms. The summed E-state index contributed by atoms with van der Waals surface area (Å²) in [4.78, 5) is 0. The molecule has 1 radical (unpaired) electrons. The van der Waals surface area contributed by atoms with Crippen LogP contribution in [0, 0.1) is 13.8 Å². The van der Waals surface area contributed by atoms with Gasteiger partial charge in [-0.2, -0.15) is 0 Å². The summed E-state index contributed by atoms with van der Waals surface area (Å²) in [6, 6.07) is 4.56. The molecule has 1 heteroatoms. The molecule has 0 fully saturated rings. The number of hydrogen-bond acceptors (Lipinski definition) is 0. The van der Waals surface area contributed by atoms with Crippen molar-refractivity contribution < 1.29 is 0 Å². The van der Waals surface area contributed by atoms with Crippen LogP contribution < -0.4 is 0 Å². The summed E-state index contributed by atoms with van der Waals surface area (Å²) in [5, 5.41) is 0. The maximum atomic E-state index is 2.31. The van der Waals surface area contributed by atoms with Gasteiger partial charge in [-0.1, -0.05) is 29.3 Å². The Morgan fingerprint density at radius 1 is 1.08 bits per heavy atom. The molecule has 1 aromatic rings. The van der Waals surface area contributed by atoms with Crippen molar-refractivity contribution in [2.45, 2.75) is 27.2 Å². The van der Waals surface area contributed by atoms with E-state index in [-0.39, 0.29) is 18.9 Å². The first-order chi connectivity index (χ1) is 5.66. The van der Waals surface area contributed by atoms with Gasteiger partial charge in [0.05, 0.1) is 0 Å². The van der Waals surface area contributed by atoms with E-state index in [9.17, 15) is 0 Å². The van der Waals surface area contributed by atoms with E-state index in [1.54, 1.807) is 0 Å². The molecule has 0 heterocycles. The quantitative estimate of drug-likeness (QED) is 0.518. The van der Waals surface area contributed by atoms with E-state index in [0.29, 0.717) is 0 Å². The molecule has 0 aromatic heterocycles. The van der Waals surface area contributed by atoms with Crippen LogP contribution >= 0.6 is 0 Å². The minimum Gasteiger partial charge on any atom is -0.0683 e. The fourth-order valence-corrected chi connectivity index (χ4v) is 2.02. The van der Waals surface area contributed by atoms with Gasteiger partial charge in [-0.05, 0) is 43.9 Å². The Kier molecular flexibility index (Phi) is 3.06. The summed E-state index contributed by atoms with van der Waals surface area (Å²) >= 11 is 0. The van der Waals surface area contributed by atoms with Gasteiger partial charge in [0, 0.05) is 18.9 Å². The largest absolute Gasteiger partial charge is 0.0683 e. The first-order valence-corrected chi connectivity index (χ1v) is 4.44. The van der Waals surface area contributed by atoms with Crippen molar-refractivity contribution in [1.29, 1.82) is 0 Å². The van der Waals surface area contributed by atoms with Crippen molar-refractivity contribution in [3.05, 3.63) is 40.0 Å². The van der Waals surface area contributed by atoms with Crippen LogP contribution in [0.5, 0.6) is 0 Å². The van der Waals surface area contributed by atoms with Crippen molar-refractivity contribution in [3.63, 3.8) is 0 Å². The van der Waals surface area contributed by atoms with E-state index in [2.05, 4.69) is 39.0 Å². The maximum absolute atomic E-state index is 2.31. The second-order valence-electron chi connectivity index (χ2n) is 3.82. The standard InChI is InChI=1S/C12H14.Li/c1-8-4-10(3)12-7-9(2)6-11(12)5-8;/h4-5,7H,6H2,1-3H3;. The normalized spacial score (nSPS) is 13.3. The van der Waals surface area contributed by atoms with Crippen molar-refractivity contribution >= 4 is 24.9 Å². The average Bonchev–Trinajstić information content (AvgIpc) is 2.29. The van der Waals surface area contributed by atoms with E-state index in [1.807, 2.05) is 0 Å². The van der Waals surface area contributed by atoms with E-state index in [4.69, 9.17) is 0 Å². The molecule has 1 aliphatic carbocycles. The maximum Gasteiger partial charge on any atom is 0 e. The minimum atomic E-state index is 0. The Morgan fingerprint density at radius 3 is 2.46 bits per heavy atom. The molecule has 0 spiro atoms. The zero-order valence-corrected chi connectivity index (χ0v) is 8.94. The van der Waals surface area contributed by atoms with Crippen molar-refractivity contribution in [2.75, 3.05) is 0 Å². The predicted molar refractivity (Wildman–Crippen MR) is 59.0 cm³/mol. The Balaban J connectivity index is 0.000000845. The van der Waals surface area contributed by atoms with Gasteiger partial charge in [0.2, 0.25) is 0 Å². The van der Waals surface area contributed by atoms with Crippen molar-refractivity contribution in [2.24, 2.45) is 0 Å². The van der Waals surface area contributed by atoms with Gasteiger partial charge in [0.15, 0.2) is 0 Å². The molecule has 0 aliphatic heterocycles. The van der Waals surface area contributed by atoms with Gasteiger partial charge in [-0.15, -0.1) is 0 Å². The van der Waals surface area contributed by atoms with E-state index >= 15 is 0 Å². The van der Waals surface area contributed by atoms with Gasteiger partial charge < -0.3 is 0 Å². The average molecular weight is 165 g/mol. The molecule has 63 valence electrons. The Morgan fingerprint density at radius 2 is 1.77 bits per heavy atom. The van der Waals surface area contributed by atoms with Gasteiger partial charge in [-0.25, -0.2) is 0 Å². The molecule has 1 aliphatic rings. The van der Waals surface area contributed by atoms with Crippen LogP contribution in [-0.4, -0.2) is 18.9 Å². The molecule has 0 bridgehead atoms. The molecule has 0 saturated heterocycles. The van der Waals surface area contributed by atoms with Gasteiger partial charge in [0.1, 0.15) is 0 Å². The van der Waals surface area contributed by atoms with E-state index < -0.39 is 0 Å². The van der Waals surface area contributed by atoms with Crippen LogP contribution in [0.1, 0.15) is 29.2 Å². The van der Waals surface area contributed by atoms with Crippen molar-refractivity contribution in [1.82, 2.24) is 0 Å². The Labute approximate surface area is 92.2 Å². The summed E-state index contributed by atoms with van der Waals surface area (Å²) in [5.41, 5.74) is 7.25. The third-order valence-corrected chi connectivity index (χ3v) is 2.48. The first kappa shape index (κ1) is 10.6. The third-order valence-electron chi connectivity index (χ3n) is 2.48. The Hall–Kier alpha value is -0.443. The number of fused-ring (bicyclic) bond motifs is 1. The van der Waals surface area contributed by atoms with Crippen LogP contribution in [0.3, 0.4) is 0 Å². The fraction of sp³-hybridized carbons (Fsp3) is 0.333. The molecule has 1 aromatic carbocycles. The minimum absolute atomic E-state index is 0. The molecular formula is C12H14Li. The van der Waals surface area contributed by atoms with E-state index in [0.717, 1.165) is 6.42 Å². The second-order valence-corrected chi connectivity index (χ2v) is 3.82. The molecule has 0 saturated carbocycles. The predicted octanol–water partition coefficient (Wildman–Crippen LogP) is 2.88. The van der Waals surface area contributed by atoms with Crippen LogP contribution in [0.4, 0.5) is 0 Å². The third kappa shape index (κ3) is 1.90. The zero-order chi connectivity index (χ0) is 8.72. The summed E-state index contributed by atoms with van der Waals surface area (Å²) in [7, 11) is 0. The summed E-state index contributed by atoms with van der Waals surface area (Å²) in [5.74, 6) is 0. The van der Waals surface area contributed by atoms with Gasteiger partial charge in [0.25, 0.3) is 0 Å². The number of hydrogen-bond donors (Lipinski definition) is 0. The van der Waals surface area contributed by atoms with E-state index in [1.165, 1.54) is 27.8 Å². The van der Waals surface area contributed by atoms with Crippen LogP contribution in [0.25, 0.3) is 6.08 Å². The topological polar surface area (TPSA) is 0 Å². The number of benzene rings is 1. The molecule has 0 unspecified atom stereocenters. The number of allylic oxidation sites excluding steroid dienone is 1. The Bertz CT molecular complexity index is 362. The molecule has 0 amide bonds. The molecule has 2 rings (SSSR count). The summed E-state index contributed by atoms with van der Waals surface area (Å²) in [6.45, 7) is 6.57. The zero-order valence-electron chi connectivity index (χ0n) is 8.94. The monoisotopic (exact) mass is 165 g/mol. The van der Waals surface area contributed by atoms with Crippen LogP contribution in [0.2, 0.25) is 0 Å². The van der Waals surface area contributed by atoms with Crippen molar-refractivity contribution in [3.8, 4) is 0 Å². The molecular weight excluding hydrogens is 151 g/mol. The van der Waals surface area contributed by atoms with Gasteiger partial charge in [-0.3, -0.25) is 0 Å². The fourth-order valence-electron chi connectivity index (χ4n) is 2.02. The number of rotatable bonds is 0. The molecule has 0 N–H and O–H groups in total. The second kappa shape index (κ2) is 3.74. The number of aryl methyl sites for hydroxylation is 2. The smallest absolute Gasteiger partial charge is 0 e. The van der Waals surface area contributed by atoms with Crippen LogP contribution in [-0.2, 0) is 6.42 Å². The summed E-state index contributed by atoms with van der Waals surface area (Å²) < 4.78 is 0. The summed E-state index contributed by atoms with van der Waals surface area (Å²) in [6.07, 6.45) is 3.46. The molecule has 0 nitrogen and oxygen atoms in total. The first-order valence-electron chi connectivity index (χ1n) is 4.44. The SMILES string of the molecule is CC1=Cc2c(C)cc(C)cc2C1.[Li]. The molecule has 0 atom stereocenters. The van der Waals surface area contributed by atoms with Gasteiger partial charge >= 0.3 is 0 Å².